The van der Waals surface area contributed by atoms with Crippen LogP contribution in [0.25, 0.3) is 10.9 Å². The quantitative estimate of drug-likeness (QED) is 0.356. The molecule has 0 spiro atoms. The zero-order chi connectivity index (χ0) is 27.1. The van der Waals surface area contributed by atoms with Crippen LogP contribution in [0.5, 0.6) is 23.0 Å². The Kier molecular flexibility index (Phi) is 9.30. The normalized spacial score (nSPS) is 12.4. The summed E-state index contributed by atoms with van der Waals surface area (Å²) < 4.78 is 22.1. The number of benzene rings is 2. The Labute approximate surface area is 228 Å². The Balaban J connectivity index is 1.47. The van der Waals surface area contributed by atoms with Gasteiger partial charge >= 0.3 is 0 Å². The number of aromatic nitrogens is 1. The molecule has 3 aromatic rings. The van der Waals surface area contributed by atoms with Crippen LogP contribution in [-0.2, 0) is 13.0 Å². The molecule has 0 bridgehead atoms. The van der Waals surface area contributed by atoms with Crippen LogP contribution < -0.4 is 29.8 Å². The maximum Gasteiger partial charge on any atom is 0.253 e. The van der Waals surface area contributed by atoms with Crippen LogP contribution in [0.2, 0.25) is 0 Å². The fourth-order valence-corrected chi connectivity index (χ4v) is 4.66. The largest absolute Gasteiger partial charge is 0.493 e. The number of pyridine rings is 1. The average Bonchev–Trinajstić information content (AvgIpc) is 2.91. The molecular weight excluding hydrogens is 504 g/mol. The third-order valence-electron chi connectivity index (χ3n) is 6.40. The lowest BCUT2D eigenvalue weighted by atomic mass is 10.1. The number of hydrogen-bond donors (Lipinski definition) is 2. The Morgan fingerprint density at radius 2 is 1.76 bits per heavy atom. The van der Waals surface area contributed by atoms with Gasteiger partial charge in [0.15, 0.2) is 28.1 Å². The maximum absolute atomic E-state index is 13.0. The molecule has 204 valence electrons. The fraction of sp³-hybridized carbons (Fsp3) is 0.429. The summed E-state index contributed by atoms with van der Waals surface area (Å²) in [6, 6.07) is 11.5. The van der Waals surface area contributed by atoms with E-state index < -0.39 is 0 Å². The average molecular weight is 541 g/mol. The highest BCUT2D eigenvalue weighted by molar-refractivity contribution is 7.80. The minimum Gasteiger partial charge on any atom is -0.493 e. The van der Waals surface area contributed by atoms with Crippen molar-refractivity contribution in [3.8, 4) is 23.0 Å². The Hall–Kier alpha value is -3.50. The van der Waals surface area contributed by atoms with Gasteiger partial charge in [0.05, 0.1) is 26.3 Å². The number of ether oxygens (including phenoxy) is 4. The first kappa shape index (κ1) is 27.5. The van der Waals surface area contributed by atoms with E-state index in [1.807, 2.05) is 50.5 Å². The minimum absolute atomic E-state index is 0.139. The number of rotatable bonds is 11. The summed E-state index contributed by atoms with van der Waals surface area (Å²) in [4.78, 5) is 20.2. The highest BCUT2D eigenvalue weighted by Gasteiger charge is 2.17. The maximum atomic E-state index is 13.0. The summed E-state index contributed by atoms with van der Waals surface area (Å²) in [6.45, 7) is 3.70. The molecule has 0 aliphatic carbocycles. The third kappa shape index (κ3) is 6.87. The number of hydrogen-bond acceptors (Lipinski definition) is 7. The molecule has 4 rings (SSSR count). The zero-order valence-electron chi connectivity index (χ0n) is 22.5. The monoisotopic (exact) mass is 540 g/mol. The lowest BCUT2D eigenvalue weighted by Gasteiger charge is -2.27. The SMILES string of the molecule is COc1ccc(CCNC(=S)N(CCCN(C)C)Cc2cc3cc4c(cc3[nH]c2=O)OCCO4)cc1OC. The smallest absolute Gasteiger partial charge is 0.253 e. The molecule has 2 aromatic carbocycles. The van der Waals surface area contributed by atoms with Crippen molar-refractivity contribution in [2.24, 2.45) is 0 Å². The number of aromatic amines is 1. The first-order valence-corrected chi connectivity index (χ1v) is 13.1. The van der Waals surface area contributed by atoms with Gasteiger partial charge in [-0.1, -0.05) is 6.07 Å². The molecule has 2 N–H and O–H groups in total. The third-order valence-corrected chi connectivity index (χ3v) is 6.81. The van der Waals surface area contributed by atoms with Crippen molar-refractivity contribution in [3.63, 3.8) is 0 Å². The molecule has 0 atom stereocenters. The van der Waals surface area contributed by atoms with Gasteiger partial charge in [0, 0.05) is 30.1 Å². The molecule has 0 amide bonds. The summed E-state index contributed by atoms with van der Waals surface area (Å²) in [5.41, 5.74) is 2.33. The van der Waals surface area contributed by atoms with Crippen LogP contribution in [0.3, 0.4) is 0 Å². The van der Waals surface area contributed by atoms with E-state index in [0.29, 0.717) is 60.0 Å². The van der Waals surface area contributed by atoms with Crippen molar-refractivity contribution in [2.45, 2.75) is 19.4 Å². The number of thiocarbonyl (C=S) groups is 1. The molecule has 2 heterocycles. The fourth-order valence-electron chi connectivity index (χ4n) is 4.40. The lowest BCUT2D eigenvalue weighted by Crippen LogP contribution is -2.42. The second-order valence-electron chi connectivity index (χ2n) is 9.46. The predicted molar refractivity (Wildman–Crippen MR) is 153 cm³/mol. The van der Waals surface area contributed by atoms with Gasteiger partial charge in [-0.25, -0.2) is 0 Å². The van der Waals surface area contributed by atoms with E-state index >= 15 is 0 Å². The van der Waals surface area contributed by atoms with Crippen molar-refractivity contribution < 1.29 is 18.9 Å². The molecule has 0 radical (unpaired) electrons. The zero-order valence-corrected chi connectivity index (χ0v) is 23.3. The molecule has 38 heavy (non-hydrogen) atoms. The molecule has 0 unspecified atom stereocenters. The van der Waals surface area contributed by atoms with Gasteiger partial charge in [0.1, 0.15) is 13.2 Å². The van der Waals surface area contributed by atoms with E-state index in [1.54, 1.807) is 14.2 Å². The molecule has 9 nitrogen and oxygen atoms in total. The van der Waals surface area contributed by atoms with Gasteiger partial charge in [-0.05, 0) is 75.5 Å². The molecule has 0 saturated carbocycles. The predicted octanol–water partition coefficient (Wildman–Crippen LogP) is 3.19. The molecule has 0 saturated heterocycles. The lowest BCUT2D eigenvalue weighted by molar-refractivity contribution is 0.172. The van der Waals surface area contributed by atoms with Crippen molar-refractivity contribution in [2.75, 3.05) is 61.2 Å². The minimum atomic E-state index is -0.139. The highest BCUT2D eigenvalue weighted by atomic mass is 32.1. The Morgan fingerprint density at radius 1 is 1.03 bits per heavy atom. The summed E-state index contributed by atoms with van der Waals surface area (Å²) in [5, 5.41) is 4.89. The van der Waals surface area contributed by atoms with Crippen LogP contribution in [0, 0.1) is 0 Å². The number of methoxy groups -OCH3 is 2. The number of H-pyrrole nitrogens is 1. The molecule has 1 aromatic heterocycles. The Morgan fingerprint density at radius 3 is 2.47 bits per heavy atom. The van der Waals surface area contributed by atoms with Gasteiger partial charge < -0.3 is 39.0 Å². The topological polar surface area (TPSA) is 88.3 Å². The van der Waals surface area contributed by atoms with Gasteiger partial charge in [0.2, 0.25) is 0 Å². The van der Waals surface area contributed by atoms with Crippen LogP contribution in [-0.4, -0.2) is 81.1 Å². The van der Waals surface area contributed by atoms with Crippen LogP contribution >= 0.6 is 12.2 Å². The highest BCUT2D eigenvalue weighted by Crippen LogP contribution is 2.33. The first-order valence-electron chi connectivity index (χ1n) is 12.7. The van der Waals surface area contributed by atoms with Crippen molar-refractivity contribution in [3.05, 3.63) is 57.9 Å². The van der Waals surface area contributed by atoms with Gasteiger partial charge in [0.25, 0.3) is 5.56 Å². The molecule has 10 heteroatoms. The van der Waals surface area contributed by atoms with Crippen LogP contribution in [0.15, 0.2) is 41.2 Å². The van der Waals surface area contributed by atoms with E-state index in [1.165, 1.54) is 0 Å². The number of fused-ring (bicyclic) bond motifs is 2. The number of nitrogens with one attached hydrogen (secondary N) is 2. The van der Waals surface area contributed by atoms with E-state index in [2.05, 4.69) is 20.1 Å². The summed E-state index contributed by atoms with van der Waals surface area (Å²) in [7, 11) is 7.35. The summed E-state index contributed by atoms with van der Waals surface area (Å²) >= 11 is 5.78. The molecule has 0 fully saturated rings. The molecule has 1 aliphatic heterocycles. The van der Waals surface area contributed by atoms with E-state index in [9.17, 15) is 4.79 Å². The van der Waals surface area contributed by atoms with Crippen LogP contribution in [0.4, 0.5) is 0 Å². The van der Waals surface area contributed by atoms with Crippen molar-refractivity contribution in [1.29, 1.82) is 0 Å². The number of nitrogens with zero attached hydrogens (tertiary/aromatic N) is 2. The second kappa shape index (κ2) is 12.8. The molecule has 1 aliphatic rings. The van der Waals surface area contributed by atoms with E-state index in [0.717, 1.165) is 42.4 Å². The second-order valence-corrected chi connectivity index (χ2v) is 9.84. The Bertz CT molecular complexity index is 1330. The summed E-state index contributed by atoms with van der Waals surface area (Å²) in [6.07, 6.45) is 1.67. The van der Waals surface area contributed by atoms with Gasteiger partial charge in [-0.2, -0.15) is 0 Å². The first-order chi connectivity index (χ1) is 18.4. The standard InChI is InChI=1S/C28H36N4O5S/c1-31(2)10-5-11-32(28(38)29-9-8-19-6-7-23(34-3)24(14-19)35-4)18-21-15-20-16-25-26(37-13-12-36-25)17-22(20)30-27(21)33/h6-7,14-17H,5,8-13,18H2,1-4H3,(H,29,38)(H,30,33). The van der Waals surface area contributed by atoms with E-state index in [-0.39, 0.29) is 5.56 Å². The van der Waals surface area contributed by atoms with E-state index in [4.69, 9.17) is 31.2 Å². The van der Waals surface area contributed by atoms with Crippen LogP contribution in [0.1, 0.15) is 17.5 Å². The molecular formula is C28H36N4O5S. The van der Waals surface area contributed by atoms with Gasteiger partial charge in [-0.3, -0.25) is 4.79 Å². The van der Waals surface area contributed by atoms with Crippen molar-refractivity contribution >= 4 is 28.2 Å². The summed E-state index contributed by atoms with van der Waals surface area (Å²) in [5.74, 6) is 2.74. The van der Waals surface area contributed by atoms with Crippen molar-refractivity contribution in [1.82, 2.24) is 20.1 Å². The van der Waals surface area contributed by atoms with Gasteiger partial charge in [-0.15, -0.1) is 0 Å².